The highest BCUT2D eigenvalue weighted by atomic mass is 16.5. The number of anilines is 1. The van der Waals surface area contributed by atoms with Gasteiger partial charge < -0.3 is 10.5 Å². The smallest absolute Gasteiger partial charge is 0.126 e. The van der Waals surface area contributed by atoms with Crippen LogP contribution in [0.5, 0.6) is 5.75 Å². The van der Waals surface area contributed by atoms with Crippen molar-refractivity contribution in [2.75, 3.05) is 12.8 Å². The molecule has 0 aliphatic rings. The number of methoxy groups -OCH3 is 1. The lowest BCUT2D eigenvalue weighted by Crippen LogP contribution is -1.93. The van der Waals surface area contributed by atoms with Crippen LogP contribution in [0.1, 0.15) is 11.1 Å². The van der Waals surface area contributed by atoms with Crippen molar-refractivity contribution in [2.24, 2.45) is 0 Å². The monoisotopic (exact) mass is 227 g/mol. The van der Waals surface area contributed by atoms with Crippen molar-refractivity contribution in [1.82, 2.24) is 0 Å². The minimum absolute atomic E-state index is 0.772. The van der Waals surface area contributed by atoms with Crippen LogP contribution < -0.4 is 10.5 Å². The highest BCUT2D eigenvalue weighted by Gasteiger charge is 2.08. The van der Waals surface area contributed by atoms with Crippen LogP contribution in [0, 0.1) is 13.8 Å². The second-order valence-corrected chi connectivity index (χ2v) is 4.28. The van der Waals surface area contributed by atoms with E-state index in [1.165, 1.54) is 11.1 Å². The zero-order valence-electron chi connectivity index (χ0n) is 10.4. The summed E-state index contributed by atoms with van der Waals surface area (Å²) in [6, 6.07) is 12.1. The number of rotatable bonds is 2. The lowest BCUT2D eigenvalue weighted by molar-refractivity contribution is 0.416. The SMILES string of the molecule is COc1ccc(C)cc1-c1cc(N)ccc1C. The third kappa shape index (κ3) is 2.26. The largest absolute Gasteiger partial charge is 0.496 e. The molecule has 0 radical (unpaired) electrons. The van der Waals surface area contributed by atoms with E-state index in [1.807, 2.05) is 30.3 Å². The zero-order valence-corrected chi connectivity index (χ0v) is 10.4. The van der Waals surface area contributed by atoms with Crippen LogP contribution in [0.3, 0.4) is 0 Å². The highest BCUT2D eigenvalue weighted by Crippen LogP contribution is 2.33. The van der Waals surface area contributed by atoms with Gasteiger partial charge in [0, 0.05) is 11.3 Å². The van der Waals surface area contributed by atoms with Crippen molar-refractivity contribution < 1.29 is 4.74 Å². The maximum Gasteiger partial charge on any atom is 0.126 e. The van der Waals surface area contributed by atoms with Gasteiger partial charge in [-0.15, -0.1) is 0 Å². The molecule has 0 amide bonds. The summed E-state index contributed by atoms with van der Waals surface area (Å²) < 4.78 is 5.41. The molecule has 0 aliphatic carbocycles. The first-order chi connectivity index (χ1) is 8.11. The van der Waals surface area contributed by atoms with Gasteiger partial charge >= 0.3 is 0 Å². The number of aryl methyl sites for hydroxylation is 2. The Hall–Kier alpha value is -1.96. The van der Waals surface area contributed by atoms with E-state index in [2.05, 4.69) is 19.9 Å². The molecule has 2 aromatic rings. The fourth-order valence-electron chi connectivity index (χ4n) is 1.96. The van der Waals surface area contributed by atoms with E-state index >= 15 is 0 Å². The quantitative estimate of drug-likeness (QED) is 0.796. The van der Waals surface area contributed by atoms with Gasteiger partial charge in [0.15, 0.2) is 0 Å². The van der Waals surface area contributed by atoms with E-state index in [0.29, 0.717) is 0 Å². The van der Waals surface area contributed by atoms with Crippen molar-refractivity contribution >= 4 is 5.69 Å². The van der Waals surface area contributed by atoms with Crippen molar-refractivity contribution in [2.45, 2.75) is 13.8 Å². The third-order valence-electron chi connectivity index (χ3n) is 2.91. The summed E-state index contributed by atoms with van der Waals surface area (Å²) >= 11 is 0. The minimum Gasteiger partial charge on any atom is -0.496 e. The summed E-state index contributed by atoms with van der Waals surface area (Å²) in [5, 5.41) is 0. The van der Waals surface area contributed by atoms with Crippen molar-refractivity contribution in [1.29, 1.82) is 0 Å². The molecule has 2 nitrogen and oxygen atoms in total. The Morgan fingerprint density at radius 1 is 0.941 bits per heavy atom. The van der Waals surface area contributed by atoms with Crippen LogP contribution in [0.2, 0.25) is 0 Å². The maximum atomic E-state index is 5.85. The fourth-order valence-corrected chi connectivity index (χ4v) is 1.96. The van der Waals surface area contributed by atoms with Crippen LogP contribution >= 0.6 is 0 Å². The zero-order chi connectivity index (χ0) is 12.4. The molecule has 0 spiro atoms. The van der Waals surface area contributed by atoms with E-state index in [1.54, 1.807) is 7.11 Å². The Morgan fingerprint density at radius 3 is 2.41 bits per heavy atom. The van der Waals surface area contributed by atoms with Gasteiger partial charge in [0.1, 0.15) is 5.75 Å². The van der Waals surface area contributed by atoms with Gasteiger partial charge in [-0.2, -0.15) is 0 Å². The first-order valence-corrected chi connectivity index (χ1v) is 5.63. The van der Waals surface area contributed by atoms with Crippen LogP contribution in [-0.2, 0) is 0 Å². The Morgan fingerprint density at radius 2 is 1.71 bits per heavy atom. The van der Waals surface area contributed by atoms with Crippen molar-refractivity contribution in [3.8, 4) is 16.9 Å². The molecular weight excluding hydrogens is 210 g/mol. The number of ether oxygens (including phenoxy) is 1. The summed E-state index contributed by atoms with van der Waals surface area (Å²) in [4.78, 5) is 0. The minimum atomic E-state index is 0.772. The Kier molecular flexibility index (Phi) is 3.05. The molecule has 0 atom stereocenters. The second kappa shape index (κ2) is 4.50. The molecule has 0 fully saturated rings. The Bertz CT molecular complexity index is 547. The number of hydrogen-bond donors (Lipinski definition) is 1. The molecule has 2 aromatic carbocycles. The van der Waals surface area contributed by atoms with E-state index in [0.717, 1.165) is 22.6 Å². The highest BCUT2D eigenvalue weighted by molar-refractivity contribution is 5.76. The van der Waals surface area contributed by atoms with Crippen LogP contribution in [0.25, 0.3) is 11.1 Å². The van der Waals surface area contributed by atoms with E-state index in [-0.39, 0.29) is 0 Å². The van der Waals surface area contributed by atoms with Crippen LogP contribution in [-0.4, -0.2) is 7.11 Å². The first-order valence-electron chi connectivity index (χ1n) is 5.63. The summed E-state index contributed by atoms with van der Waals surface area (Å²) in [6.45, 7) is 4.15. The number of benzene rings is 2. The molecule has 17 heavy (non-hydrogen) atoms. The van der Waals surface area contributed by atoms with Gasteiger partial charge in [0.25, 0.3) is 0 Å². The van der Waals surface area contributed by atoms with Crippen LogP contribution in [0.15, 0.2) is 36.4 Å². The molecule has 0 aromatic heterocycles. The predicted molar refractivity (Wildman–Crippen MR) is 72.3 cm³/mol. The third-order valence-corrected chi connectivity index (χ3v) is 2.91. The van der Waals surface area contributed by atoms with E-state index in [4.69, 9.17) is 10.5 Å². The lowest BCUT2D eigenvalue weighted by Gasteiger charge is -2.12. The molecule has 0 bridgehead atoms. The van der Waals surface area contributed by atoms with Crippen molar-refractivity contribution in [3.63, 3.8) is 0 Å². The normalized spacial score (nSPS) is 10.3. The molecule has 2 N–H and O–H groups in total. The molecular formula is C15H17NO. The van der Waals surface area contributed by atoms with Crippen LogP contribution in [0.4, 0.5) is 5.69 Å². The molecule has 0 saturated heterocycles. The van der Waals surface area contributed by atoms with Gasteiger partial charge in [-0.25, -0.2) is 0 Å². The molecule has 0 saturated carbocycles. The van der Waals surface area contributed by atoms with Gasteiger partial charge in [-0.05, 0) is 49.2 Å². The van der Waals surface area contributed by atoms with E-state index in [9.17, 15) is 0 Å². The molecule has 0 aliphatic heterocycles. The number of hydrogen-bond acceptors (Lipinski definition) is 2. The summed E-state index contributed by atoms with van der Waals surface area (Å²) in [7, 11) is 1.69. The molecule has 88 valence electrons. The Balaban J connectivity index is 2.66. The predicted octanol–water partition coefficient (Wildman–Crippen LogP) is 3.56. The average Bonchev–Trinajstić information content (AvgIpc) is 2.32. The standard InChI is InChI=1S/C15H17NO/c1-10-4-7-15(17-3)14(8-10)13-9-12(16)6-5-11(13)2/h4-9H,16H2,1-3H3. The topological polar surface area (TPSA) is 35.2 Å². The fraction of sp³-hybridized carbons (Fsp3) is 0.200. The second-order valence-electron chi connectivity index (χ2n) is 4.28. The first kappa shape index (κ1) is 11.5. The molecule has 0 unspecified atom stereocenters. The number of nitrogen functional groups attached to an aromatic ring is 1. The average molecular weight is 227 g/mol. The van der Waals surface area contributed by atoms with Crippen molar-refractivity contribution in [3.05, 3.63) is 47.5 Å². The molecule has 2 rings (SSSR count). The van der Waals surface area contributed by atoms with Gasteiger partial charge in [0.2, 0.25) is 0 Å². The van der Waals surface area contributed by atoms with Gasteiger partial charge in [-0.1, -0.05) is 17.7 Å². The summed E-state index contributed by atoms with van der Waals surface area (Å²) in [6.07, 6.45) is 0. The van der Waals surface area contributed by atoms with Gasteiger partial charge in [0.05, 0.1) is 7.11 Å². The molecule has 2 heteroatoms. The summed E-state index contributed by atoms with van der Waals surface area (Å²) in [5.74, 6) is 0.879. The van der Waals surface area contributed by atoms with Gasteiger partial charge in [-0.3, -0.25) is 0 Å². The lowest BCUT2D eigenvalue weighted by atomic mass is 9.97. The maximum absolute atomic E-state index is 5.85. The summed E-state index contributed by atoms with van der Waals surface area (Å²) in [5.41, 5.74) is 11.3. The number of nitrogens with two attached hydrogens (primary N) is 1. The van der Waals surface area contributed by atoms with E-state index < -0.39 is 0 Å². The molecule has 0 heterocycles. The Labute approximate surface area is 102 Å².